The number of hydrogen-bond acceptors (Lipinski definition) is 4. The monoisotopic (exact) mass is 345 g/mol. The maximum atomic E-state index is 13.1. The van der Waals surface area contributed by atoms with Crippen LogP contribution in [0.5, 0.6) is 0 Å². The van der Waals surface area contributed by atoms with Crippen LogP contribution >= 0.6 is 0 Å². The maximum Gasteiger partial charge on any atom is 0.259 e. The Morgan fingerprint density at radius 2 is 2.04 bits per heavy atom. The average Bonchev–Trinajstić information content (AvgIpc) is 2.74. The molecule has 2 atom stereocenters. The molecule has 0 aromatic carbocycles. The van der Waals surface area contributed by atoms with Crippen LogP contribution < -0.4 is 0 Å². The lowest BCUT2D eigenvalue weighted by Gasteiger charge is -2.40. The first-order chi connectivity index (χ1) is 12.1. The number of rotatable bonds is 4. The van der Waals surface area contributed by atoms with Gasteiger partial charge in [0.1, 0.15) is 11.3 Å². The van der Waals surface area contributed by atoms with Crippen molar-refractivity contribution in [3.05, 3.63) is 17.0 Å². The van der Waals surface area contributed by atoms with Crippen LogP contribution in [-0.2, 0) is 11.2 Å². The largest absolute Gasteiger partial charge is 0.361 e. The van der Waals surface area contributed by atoms with Gasteiger partial charge in [0.2, 0.25) is 5.91 Å². The highest BCUT2D eigenvalue weighted by molar-refractivity contribution is 5.97. The predicted octanol–water partition coefficient (Wildman–Crippen LogP) is 2.41. The van der Waals surface area contributed by atoms with Gasteiger partial charge in [0.05, 0.1) is 11.6 Å². The molecule has 4 heterocycles. The van der Waals surface area contributed by atoms with Gasteiger partial charge in [-0.3, -0.25) is 9.59 Å². The summed E-state index contributed by atoms with van der Waals surface area (Å²) in [5, 5.41) is 4.02. The second kappa shape index (κ2) is 6.46. The van der Waals surface area contributed by atoms with Gasteiger partial charge < -0.3 is 14.3 Å². The summed E-state index contributed by atoms with van der Waals surface area (Å²) in [6.07, 6.45) is 6.35. The molecule has 136 valence electrons. The van der Waals surface area contributed by atoms with Gasteiger partial charge in [0.15, 0.2) is 0 Å². The summed E-state index contributed by atoms with van der Waals surface area (Å²) in [7, 11) is 0. The van der Waals surface area contributed by atoms with Crippen molar-refractivity contribution in [1.82, 2.24) is 15.0 Å². The van der Waals surface area contributed by atoms with E-state index in [1.165, 1.54) is 19.3 Å². The molecule has 25 heavy (non-hydrogen) atoms. The smallest absolute Gasteiger partial charge is 0.259 e. The fourth-order valence-electron chi connectivity index (χ4n) is 4.49. The van der Waals surface area contributed by atoms with Crippen molar-refractivity contribution < 1.29 is 14.1 Å². The summed E-state index contributed by atoms with van der Waals surface area (Å²) in [4.78, 5) is 30.0. The second-order valence-electron chi connectivity index (χ2n) is 7.84. The molecule has 3 saturated heterocycles. The molecule has 0 unspecified atom stereocenters. The van der Waals surface area contributed by atoms with Crippen LogP contribution in [0.1, 0.15) is 60.8 Å². The number of aromatic nitrogens is 1. The van der Waals surface area contributed by atoms with Gasteiger partial charge in [0, 0.05) is 25.7 Å². The Balaban J connectivity index is 1.55. The molecule has 2 bridgehead atoms. The van der Waals surface area contributed by atoms with Crippen LogP contribution in [0, 0.1) is 18.8 Å². The van der Waals surface area contributed by atoms with Gasteiger partial charge in [-0.25, -0.2) is 0 Å². The first-order valence-corrected chi connectivity index (χ1v) is 9.63. The SMILES string of the molecule is CCc1noc(C)c1C(=O)N1C[C@@H]2CC[C@H](C1)N(CC1CCC1)C2=O. The van der Waals surface area contributed by atoms with Crippen molar-refractivity contribution in [2.45, 2.75) is 58.4 Å². The van der Waals surface area contributed by atoms with E-state index < -0.39 is 0 Å². The highest BCUT2D eigenvalue weighted by Crippen LogP contribution is 2.34. The topological polar surface area (TPSA) is 66.7 Å². The maximum absolute atomic E-state index is 13.1. The zero-order valence-corrected chi connectivity index (χ0v) is 15.2. The van der Waals surface area contributed by atoms with Crippen LogP contribution in [-0.4, -0.2) is 52.4 Å². The molecule has 0 radical (unpaired) electrons. The van der Waals surface area contributed by atoms with E-state index in [1.807, 2.05) is 11.8 Å². The second-order valence-corrected chi connectivity index (χ2v) is 7.84. The molecule has 2 amide bonds. The van der Waals surface area contributed by atoms with Gasteiger partial charge in [0.25, 0.3) is 5.91 Å². The van der Waals surface area contributed by atoms with E-state index in [4.69, 9.17) is 4.52 Å². The predicted molar refractivity (Wildman–Crippen MR) is 92.1 cm³/mol. The Hall–Kier alpha value is -1.85. The molecule has 4 aliphatic rings. The lowest BCUT2D eigenvalue weighted by Crippen LogP contribution is -2.50. The van der Waals surface area contributed by atoms with Gasteiger partial charge in [-0.15, -0.1) is 0 Å². The molecule has 1 aliphatic carbocycles. The molecule has 3 aliphatic heterocycles. The standard InChI is InChI=1S/C19H27N3O3/c1-3-16-17(12(2)25-20-16)19(24)21-10-14-7-8-15(11-21)22(18(14)23)9-13-5-4-6-13/h13-15H,3-11H2,1-2H3/t14-,15+/m0/s1. The summed E-state index contributed by atoms with van der Waals surface area (Å²) >= 11 is 0. The van der Waals surface area contributed by atoms with Gasteiger partial charge in [-0.1, -0.05) is 18.5 Å². The van der Waals surface area contributed by atoms with Crippen molar-refractivity contribution in [2.24, 2.45) is 11.8 Å². The summed E-state index contributed by atoms with van der Waals surface area (Å²) in [5.74, 6) is 1.44. The van der Waals surface area contributed by atoms with E-state index in [-0.39, 0.29) is 23.8 Å². The number of nitrogens with zero attached hydrogens (tertiary/aromatic N) is 3. The van der Waals surface area contributed by atoms with Crippen LogP contribution in [0.4, 0.5) is 0 Å². The van der Waals surface area contributed by atoms with Crippen LogP contribution in [0.25, 0.3) is 0 Å². The van der Waals surface area contributed by atoms with Crippen molar-refractivity contribution >= 4 is 11.8 Å². The first-order valence-electron chi connectivity index (χ1n) is 9.63. The molecule has 4 fully saturated rings. The molecule has 5 rings (SSSR count). The van der Waals surface area contributed by atoms with Crippen molar-refractivity contribution in [3.8, 4) is 0 Å². The molecule has 1 saturated carbocycles. The highest BCUT2D eigenvalue weighted by Gasteiger charge is 2.43. The molecule has 0 spiro atoms. The van der Waals surface area contributed by atoms with E-state index in [9.17, 15) is 9.59 Å². The van der Waals surface area contributed by atoms with Crippen molar-refractivity contribution in [3.63, 3.8) is 0 Å². The Morgan fingerprint density at radius 1 is 1.24 bits per heavy atom. The number of aryl methyl sites for hydroxylation is 2. The fourth-order valence-corrected chi connectivity index (χ4v) is 4.49. The molecular formula is C19H27N3O3. The van der Waals surface area contributed by atoms with E-state index >= 15 is 0 Å². The van der Waals surface area contributed by atoms with Crippen LogP contribution in [0.15, 0.2) is 4.52 Å². The normalized spacial score (nSPS) is 26.7. The molecule has 6 nitrogen and oxygen atoms in total. The molecule has 1 aromatic heterocycles. The zero-order chi connectivity index (χ0) is 17.6. The number of hydrogen-bond donors (Lipinski definition) is 0. The number of amides is 2. The summed E-state index contributed by atoms with van der Waals surface area (Å²) in [6, 6.07) is 0.168. The molecular weight excluding hydrogens is 318 g/mol. The van der Waals surface area contributed by atoms with E-state index in [1.54, 1.807) is 6.92 Å². The van der Waals surface area contributed by atoms with Crippen molar-refractivity contribution in [1.29, 1.82) is 0 Å². The Labute approximate surface area is 148 Å². The fraction of sp³-hybridized carbons (Fsp3) is 0.737. The number of carbonyl (C=O) groups excluding carboxylic acids is 2. The van der Waals surface area contributed by atoms with Gasteiger partial charge in [-0.2, -0.15) is 0 Å². The van der Waals surface area contributed by atoms with E-state index in [0.717, 1.165) is 25.1 Å². The third kappa shape index (κ3) is 2.85. The summed E-state index contributed by atoms with van der Waals surface area (Å²) in [6.45, 7) is 5.82. The number of fused-ring (bicyclic) bond motifs is 4. The minimum atomic E-state index is -0.0481. The third-order valence-corrected chi connectivity index (χ3v) is 6.24. The van der Waals surface area contributed by atoms with Gasteiger partial charge >= 0.3 is 0 Å². The quantitative estimate of drug-likeness (QED) is 0.840. The minimum Gasteiger partial charge on any atom is -0.361 e. The lowest BCUT2D eigenvalue weighted by molar-refractivity contribution is -0.141. The zero-order valence-electron chi connectivity index (χ0n) is 15.2. The summed E-state index contributed by atoms with van der Waals surface area (Å²) < 4.78 is 5.24. The van der Waals surface area contributed by atoms with E-state index in [2.05, 4.69) is 10.1 Å². The van der Waals surface area contributed by atoms with Gasteiger partial charge in [-0.05, 0) is 44.9 Å². The van der Waals surface area contributed by atoms with Crippen LogP contribution in [0.3, 0.4) is 0 Å². The van der Waals surface area contributed by atoms with E-state index in [0.29, 0.717) is 36.8 Å². The van der Waals surface area contributed by atoms with Crippen molar-refractivity contribution in [2.75, 3.05) is 19.6 Å². The molecule has 1 aromatic rings. The Morgan fingerprint density at radius 3 is 2.72 bits per heavy atom. The third-order valence-electron chi connectivity index (χ3n) is 6.24. The lowest BCUT2D eigenvalue weighted by atomic mass is 9.83. The molecule has 0 N–H and O–H groups in total. The highest BCUT2D eigenvalue weighted by atomic mass is 16.5. The number of piperidine rings is 1. The first kappa shape index (κ1) is 16.6. The van der Waals surface area contributed by atoms with Crippen LogP contribution in [0.2, 0.25) is 0 Å². The summed E-state index contributed by atoms with van der Waals surface area (Å²) in [5.41, 5.74) is 1.32. The number of carbonyl (C=O) groups is 2. The molecule has 6 heteroatoms. The Bertz CT molecular complexity index is 679. The average molecular weight is 345 g/mol. The Kier molecular flexibility index (Phi) is 4.29. The minimum absolute atomic E-state index is 0.0224.